The van der Waals surface area contributed by atoms with E-state index in [0.717, 1.165) is 0 Å². The molecule has 0 saturated heterocycles. The molecule has 0 N–H and O–H groups in total. The van der Waals surface area contributed by atoms with Crippen molar-refractivity contribution in [2.75, 3.05) is 0 Å². The summed E-state index contributed by atoms with van der Waals surface area (Å²) in [7, 11) is 2.12. The molecule has 3 aliphatic carbocycles. The van der Waals surface area contributed by atoms with E-state index >= 15 is 0 Å². The van der Waals surface area contributed by atoms with Gasteiger partial charge in [0.25, 0.3) is 0 Å². The Bertz CT molecular complexity index is 6880. The molecule has 23 rings (SSSR count). The maximum absolute atomic E-state index is 2.34. The second kappa shape index (κ2) is 37.0. The minimum absolute atomic E-state index is 0.150. The van der Waals surface area contributed by atoms with Crippen LogP contribution in [0.15, 0.2) is 413 Å². The van der Waals surface area contributed by atoms with Crippen LogP contribution in [0.1, 0.15) is 119 Å². The Morgan fingerprint density at radius 2 is 0.504 bits per heavy atom. The van der Waals surface area contributed by atoms with Gasteiger partial charge in [0.15, 0.2) is 0 Å². The van der Waals surface area contributed by atoms with Crippen LogP contribution in [-0.2, 0) is 23.3 Å². The van der Waals surface area contributed by atoms with Crippen molar-refractivity contribution in [1.82, 2.24) is 13.7 Å². The minimum atomic E-state index is 0.150. The third-order valence-electron chi connectivity index (χ3n) is 24.7. The normalized spacial score (nSPS) is 12.5. The lowest BCUT2D eigenvalue weighted by molar-refractivity contribution is 0.655. The van der Waals surface area contributed by atoms with Gasteiger partial charge in [-0.15, -0.1) is 0 Å². The molecule has 0 radical (unpaired) electrons. The third-order valence-corrected chi connectivity index (χ3v) is 24.7. The van der Waals surface area contributed by atoms with Crippen LogP contribution in [0.2, 0.25) is 0 Å². The molecule has 0 saturated carbocycles. The van der Waals surface area contributed by atoms with E-state index in [2.05, 4.69) is 476 Å². The molecular weight excluding hydrogens is 1480 g/mol. The van der Waals surface area contributed by atoms with E-state index in [1.165, 1.54) is 188 Å². The van der Waals surface area contributed by atoms with Crippen molar-refractivity contribution in [3.63, 3.8) is 0 Å². The second-order valence-electron chi connectivity index (χ2n) is 34.5. The van der Waals surface area contributed by atoms with Gasteiger partial charge in [0.2, 0.25) is 0 Å². The van der Waals surface area contributed by atoms with Gasteiger partial charge in [-0.2, -0.15) is 0 Å². The Labute approximate surface area is 729 Å². The minimum Gasteiger partial charge on any atom is -0.344 e. The molecule has 0 fully saturated rings. The Morgan fingerprint density at radius 1 is 0.187 bits per heavy atom. The van der Waals surface area contributed by atoms with Crippen LogP contribution in [0.3, 0.4) is 0 Å². The van der Waals surface area contributed by atoms with E-state index in [0.29, 0.717) is 0 Å². The number of rotatable bonds is 2. The Balaban J connectivity index is 0.000000110. The van der Waals surface area contributed by atoms with Crippen LogP contribution in [0.5, 0.6) is 0 Å². The van der Waals surface area contributed by atoms with Gasteiger partial charge in [0.05, 0.1) is 22.1 Å². The highest BCUT2D eigenvalue weighted by Crippen LogP contribution is 2.52. The summed E-state index contributed by atoms with van der Waals surface area (Å²) in [6.45, 7) is 31.0. The van der Waals surface area contributed by atoms with Crippen LogP contribution in [-0.4, -0.2) is 13.7 Å². The van der Waals surface area contributed by atoms with Crippen molar-refractivity contribution in [2.45, 2.75) is 113 Å². The van der Waals surface area contributed by atoms with Crippen molar-refractivity contribution < 1.29 is 0 Å². The molecule has 0 bridgehead atoms. The lowest BCUT2D eigenvalue weighted by Gasteiger charge is -2.23. The van der Waals surface area contributed by atoms with E-state index < -0.39 is 0 Å². The molecule has 20 aromatic rings. The molecule has 0 aliphatic heterocycles. The van der Waals surface area contributed by atoms with Gasteiger partial charge in [-0.25, -0.2) is 0 Å². The number of aryl methyl sites for hydroxylation is 9. The smallest absolute Gasteiger partial charge is 0.0543 e. The van der Waals surface area contributed by atoms with Crippen LogP contribution >= 0.6 is 0 Å². The number of aromatic nitrogens is 3. The third kappa shape index (κ3) is 17.7. The van der Waals surface area contributed by atoms with Crippen LogP contribution in [0, 0.1) is 55.4 Å². The molecule has 3 nitrogen and oxygen atoms in total. The lowest BCUT2D eigenvalue weighted by Crippen LogP contribution is -2.16. The highest BCUT2D eigenvalue weighted by Gasteiger charge is 2.38. The predicted octanol–water partition coefficient (Wildman–Crippen LogP) is 32.4. The highest BCUT2D eigenvalue weighted by atomic mass is 15.0. The summed E-state index contributed by atoms with van der Waals surface area (Å²) in [6.07, 6.45) is 0. The number of benzene rings is 17. The molecule has 0 atom stereocenters. The van der Waals surface area contributed by atoms with Gasteiger partial charge in [-0.1, -0.05) is 421 Å². The molecule has 0 spiro atoms. The summed E-state index contributed by atoms with van der Waals surface area (Å²) in [4.78, 5) is 0. The van der Waals surface area contributed by atoms with E-state index in [9.17, 15) is 0 Å². The number of nitrogens with zero attached hydrogens (tertiary/aromatic N) is 3. The first kappa shape index (κ1) is 84.2. The van der Waals surface area contributed by atoms with E-state index in [1.54, 1.807) is 0 Å². The zero-order valence-electron chi connectivity index (χ0n) is 74.1. The standard InChI is InChI=1S/2C19H15N.3C16H16.C13H11N.3C7H8/c1-14-8-7-13-18-19(14)16-11-5-6-12-17(16)20(18)15-9-3-2-4-10-15;1-14-11-12-19-17(13-14)16-9-5-6-10-18(16)20(19)15-7-3-2-4-8-15;1-11-7-6-9-13-12-8-4-5-10-14(12)16(2,3)15(11)13;1-11-8-9-15-13(10-11)12-6-4-5-7-14(12)16(15,2)3;1-11-8-9-13-12-6-4-5-7-14(12)16(2,3)15(13)10-11;1-14-12-8-4-2-6-10(12)11-7-3-5-9-13(11)14;3*1-7-5-3-2-4-6-7/h2*2-13H,1H3;3*4-10H,1-3H3;2-9H,1H3;3*2-6H,1H3. The maximum Gasteiger partial charge on any atom is 0.0543 e. The van der Waals surface area contributed by atoms with E-state index in [1.807, 2.05) is 54.6 Å². The second-order valence-corrected chi connectivity index (χ2v) is 34.5. The van der Waals surface area contributed by atoms with Crippen molar-refractivity contribution in [1.29, 1.82) is 0 Å². The summed E-state index contributed by atoms with van der Waals surface area (Å²) < 4.78 is 6.92. The van der Waals surface area contributed by atoms with Gasteiger partial charge in [-0.3, -0.25) is 0 Å². The molecular formula is C120H113N3. The topological polar surface area (TPSA) is 14.8 Å². The largest absolute Gasteiger partial charge is 0.344 e. The lowest BCUT2D eigenvalue weighted by atomic mass is 9.80. The Morgan fingerprint density at radius 3 is 1.01 bits per heavy atom. The first-order valence-electron chi connectivity index (χ1n) is 43.3. The number of hydrogen-bond donors (Lipinski definition) is 0. The molecule has 3 heterocycles. The number of fused-ring (bicyclic) bond motifs is 18. The average molecular weight is 1600 g/mol. The van der Waals surface area contributed by atoms with Crippen molar-refractivity contribution in [3.05, 3.63) is 490 Å². The predicted molar refractivity (Wildman–Crippen MR) is 531 cm³/mol. The quantitative estimate of drug-likeness (QED) is 0.164. The molecule has 608 valence electrons. The summed E-state index contributed by atoms with van der Waals surface area (Å²) in [6, 6.07) is 146. The molecule has 3 heteroatoms. The molecule has 3 aromatic heterocycles. The van der Waals surface area contributed by atoms with E-state index in [4.69, 9.17) is 0 Å². The summed E-state index contributed by atoms with van der Waals surface area (Å²) in [5, 5.41) is 7.99. The highest BCUT2D eigenvalue weighted by molar-refractivity contribution is 6.12. The van der Waals surface area contributed by atoms with Gasteiger partial charge in [0.1, 0.15) is 0 Å². The monoisotopic (exact) mass is 1600 g/mol. The fraction of sp³-hybridized carbons (Fsp3) is 0.150. The fourth-order valence-electron chi connectivity index (χ4n) is 18.5. The van der Waals surface area contributed by atoms with Gasteiger partial charge >= 0.3 is 0 Å². The molecule has 3 aliphatic rings. The first-order chi connectivity index (χ1) is 59.6. The van der Waals surface area contributed by atoms with Crippen molar-refractivity contribution in [3.8, 4) is 44.8 Å². The SMILES string of the molecule is Cc1ccc2c(c1)-c1ccccc1C2(C)C.Cc1ccc2c(c1)C(C)(C)c1ccccc1-2.Cc1ccc2c(c1)c1ccccc1n2-c1ccccc1.Cc1cccc2c1C(C)(C)c1ccccc1-2.Cc1cccc2c1c1ccccc1n2-c1ccccc1.Cc1ccccc1.Cc1ccccc1.Cc1ccccc1.Cn1c2ccccc2c2ccccc21. The van der Waals surface area contributed by atoms with Crippen LogP contribution < -0.4 is 0 Å². The zero-order valence-corrected chi connectivity index (χ0v) is 74.1. The molecule has 0 amide bonds. The average Bonchev–Trinajstić information content (AvgIpc) is 1.60. The first-order valence-corrected chi connectivity index (χ1v) is 43.3. The maximum atomic E-state index is 2.34. The van der Waals surface area contributed by atoms with Crippen molar-refractivity contribution in [2.24, 2.45) is 7.05 Å². The number of para-hydroxylation sites is 6. The summed E-state index contributed by atoms with van der Waals surface area (Å²) in [5.74, 6) is 0. The van der Waals surface area contributed by atoms with Crippen LogP contribution in [0.25, 0.3) is 110 Å². The molecule has 123 heavy (non-hydrogen) atoms. The van der Waals surface area contributed by atoms with Gasteiger partial charge in [0, 0.05) is 78.0 Å². The van der Waals surface area contributed by atoms with Gasteiger partial charge in [-0.05, 0) is 200 Å². The van der Waals surface area contributed by atoms with E-state index in [-0.39, 0.29) is 16.2 Å². The van der Waals surface area contributed by atoms with Crippen molar-refractivity contribution >= 4 is 65.4 Å². The summed E-state index contributed by atoms with van der Waals surface area (Å²) >= 11 is 0. The molecule has 0 unspecified atom stereocenters. The Kier molecular flexibility index (Phi) is 25.3. The van der Waals surface area contributed by atoms with Crippen LogP contribution in [0.4, 0.5) is 0 Å². The Hall–Kier alpha value is -13.9. The number of hydrogen-bond acceptors (Lipinski definition) is 0. The summed E-state index contributed by atoms with van der Waals surface area (Å²) in [5.41, 5.74) is 38.5. The molecule has 17 aromatic carbocycles. The van der Waals surface area contributed by atoms with Gasteiger partial charge < -0.3 is 13.7 Å². The zero-order chi connectivity index (χ0) is 85.9. The fourth-order valence-corrected chi connectivity index (χ4v) is 18.5.